The molecule has 1 fully saturated rings. The lowest BCUT2D eigenvalue weighted by molar-refractivity contribution is -0.153. The highest BCUT2D eigenvalue weighted by atomic mass is 16.5. The number of rotatable bonds is 7. The lowest BCUT2D eigenvalue weighted by Crippen LogP contribution is -2.57. The quantitative estimate of drug-likeness (QED) is 0.480. The molecule has 0 radical (unpaired) electrons. The fourth-order valence-corrected chi connectivity index (χ4v) is 4.47. The first-order valence-corrected chi connectivity index (χ1v) is 11.8. The van der Waals surface area contributed by atoms with E-state index >= 15 is 0 Å². The minimum absolute atomic E-state index is 0.176. The minimum atomic E-state index is -1.11. The van der Waals surface area contributed by atoms with Gasteiger partial charge >= 0.3 is 5.97 Å². The van der Waals surface area contributed by atoms with Crippen LogP contribution in [0.1, 0.15) is 24.1 Å². The molecule has 0 aromatic heterocycles. The second-order valence-electron chi connectivity index (χ2n) is 8.47. The van der Waals surface area contributed by atoms with Crippen LogP contribution in [0.15, 0.2) is 53.5 Å². The Morgan fingerprint density at radius 1 is 1.06 bits per heavy atom. The molecular formula is C26H32N4O5. The van der Waals surface area contributed by atoms with Gasteiger partial charge in [-0.25, -0.2) is 4.99 Å². The van der Waals surface area contributed by atoms with Gasteiger partial charge in [0.2, 0.25) is 11.9 Å². The Hall–Kier alpha value is -3.59. The van der Waals surface area contributed by atoms with Crippen LogP contribution in [0.5, 0.6) is 11.5 Å². The summed E-state index contributed by atoms with van der Waals surface area (Å²) in [5.74, 6) is -0.573. The van der Waals surface area contributed by atoms with E-state index in [0.29, 0.717) is 36.1 Å². The summed E-state index contributed by atoms with van der Waals surface area (Å²) in [6.45, 7) is 5.86. The van der Waals surface area contributed by atoms with Crippen LogP contribution in [0.3, 0.4) is 0 Å². The topological polar surface area (TPSA) is 92.7 Å². The monoisotopic (exact) mass is 480 g/mol. The van der Waals surface area contributed by atoms with E-state index in [1.165, 1.54) is 12.7 Å². The molecule has 0 aliphatic carbocycles. The Morgan fingerprint density at radius 2 is 1.80 bits per heavy atom. The maximum absolute atomic E-state index is 13.2. The van der Waals surface area contributed by atoms with E-state index < -0.39 is 23.8 Å². The summed E-state index contributed by atoms with van der Waals surface area (Å²) in [5, 5.41) is 2.85. The van der Waals surface area contributed by atoms with Gasteiger partial charge in [-0.3, -0.25) is 19.8 Å². The third-order valence-electron chi connectivity index (χ3n) is 6.32. The number of carbonyl (C=O) groups excluding carboxylic acids is 2. The number of hydrogen-bond acceptors (Lipinski definition) is 8. The van der Waals surface area contributed by atoms with Gasteiger partial charge in [0.25, 0.3) is 0 Å². The number of nitrogens with one attached hydrogen (secondary N) is 1. The number of carbonyl (C=O) groups is 2. The van der Waals surface area contributed by atoms with Gasteiger partial charge < -0.3 is 19.1 Å². The van der Waals surface area contributed by atoms with E-state index in [-0.39, 0.29) is 6.61 Å². The van der Waals surface area contributed by atoms with Crippen LogP contribution in [-0.4, -0.2) is 74.6 Å². The predicted molar refractivity (Wildman–Crippen MR) is 131 cm³/mol. The van der Waals surface area contributed by atoms with E-state index in [0.717, 1.165) is 19.6 Å². The standard InChI is InChI=1S/C26H32N4O5/c1-4-35-25(32)22-23(20-11-10-19(33-2)16-21(20)34-3)27-26(28-24(22)31)30-14-12-29(13-15-30)17-18-8-6-5-7-9-18/h5-11,16,22-23H,4,12-15,17H2,1-3H3,(H,27,28,31)/t22-,23-/m1/s1. The van der Waals surface area contributed by atoms with Crippen molar-refractivity contribution in [2.75, 3.05) is 47.0 Å². The van der Waals surface area contributed by atoms with E-state index in [4.69, 9.17) is 19.2 Å². The van der Waals surface area contributed by atoms with Crippen molar-refractivity contribution in [1.82, 2.24) is 15.1 Å². The van der Waals surface area contributed by atoms with E-state index in [9.17, 15) is 9.59 Å². The number of benzene rings is 2. The smallest absolute Gasteiger partial charge is 0.321 e. The maximum atomic E-state index is 13.2. The van der Waals surface area contributed by atoms with Gasteiger partial charge in [0.05, 0.1) is 20.8 Å². The lowest BCUT2D eigenvalue weighted by Gasteiger charge is -2.39. The van der Waals surface area contributed by atoms with Crippen molar-refractivity contribution in [2.45, 2.75) is 19.5 Å². The van der Waals surface area contributed by atoms with Crippen molar-refractivity contribution in [1.29, 1.82) is 0 Å². The third-order valence-corrected chi connectivity index (χ3v) is 6.32. The molecule has 2 aromatic carbocycles. The summed E-state index contributed by atoms with van der Waals surface area (Å²) >= 11 is 0. The number of nitrogens with zero attached hydrogens (tertiary/aromatic N) is 3. The molecular weight excluding hydrogens is 448 g/mol. The molecule has 9 nitrogen and oxygen atoms in total. The highest BCUT2D eigenvalue weighted by molar-refractivity contribution is 6.08. The lowest BCUT2D eigenvalue weighted by atomic mass is 9.90. The van der Waals surface area contributed by atoms with Gasteiger partial charge in [-0.15, -0.1) is 0 Å². The Morgan fingerprint density at radius 3 is 2.46 bits per heavy atom. The van der Waals surface area contributed by atoms with Crippen molar-refractivity contribution >= 4 is 17.8 Å². The molecule has 2 aliphatic heterocycles. The fourth-order valence-electron chi connectivity index (χ4n) is 4.47. The number of aliphatic imine (C=N–C) groups is 1. The average Bonchev–Trinajstić information content (AvgIpc) is 2.89. The molecule has 2 heterocycles. The van der Waals surface area contributed by atoms with Gasteiger partial charge in [0, 0.05) is 44.4 Å². The van der Waals surface area contributed by atoms with E-state index in [1.807, 2.05) is 18.2 Å². The summed E-state index contributed by atoms with van der Waals surface area (Å²) in [6, 6.07) is 14.9. The number of esters is 1. The zero-order valence-corrected chi connectivity index (χ0v) is 20.4. The van der Waals surface area contributed by atoms with Gasteiger partial charge in [0.15, 0.2) is 5.92 Å². The summed E-state index contributed by atoms with van der Waals surface area (Å²) < 4.78 is 16.1. The van der Waals surface area contributed by atoms with E-state index in [1.54, 1.807) is 32.2 Å². The Balaban J connectivity index is 1.57. The largest absolute Gasteiger partial charge is 0.497 e. The molecule has 0 bridgehead atoms. The first-order chi connectivity index (χ1) is 17.0. The summed E-state index contributed by atoms with van der Waals surface area (Å²) in [7, 11) is 3.11. The molecule has 0 unspecified atom stereocenters. The molecule has 2 aromatic rings. The molecule has 0 spiro atoms. The molecule has 2 aliphatic rings. The highest BCUT2D eigenvalue weighted by Crippen LogP contribution is 2.38. The molecule has 1 amide bonds. The van der Waals surface area contributed by atoms with Gasteiger partial charge in [-0.1, -0.05) is 30.3 Å². The molecule has 1 saturated heterocycles. The van der Waals surface area contributed by atoms with Crippen LogP contribution >= 0.6 is 0 Å². The number of amides is 1. The second-order valence-corrected chi connectivity index (χ2v) is 8.47. The number of hydrogen-bond donors (Lipinski definition) is 1. The van der Waals surface area contributed by atoms with Crippen LogP contribution in [0.2, 0.25) is 0 Å². The van der Waals surface area contributed by atoms with Crippen molar-refractivity contribution in [2.24, 2.45) is 10.9 Å². The first-order valence-electron chi connectivity index (χ1n) is 11.8. The Bertz CT molecular complexity index is 1070. The van der Waals surface area contributed by atoms with Crippen molar-refractivity contribution in [3.8, 4) is 11.5 Å². The molecule has 186 valence electrons. The zero-order valence-electron chi connectivity index (χ0n) is 20.4. The highest BCUT2D eigenvalue weighted by Gasteiger charge is 2.43. The summed E-state index contributed by atoms with van der Waals surface area (Å²) in [5.41, 5.74) is 1.90. The maximum Gasteiger partial charge on any atom is 0.321 e. The minimum Gasteiger partial charge on any atom is -0.497 e. The van der Waals surface area contributed by atoms with Crippen LogP contribution in [-0.2, 0) is 20.9 Å². The molecule has 1 N–H and O–H groups in total. The first kappa shape index (κ1) is 24.5. The van der Waals surface area contributed by atoms with Gasteiger partial charge in [0.1, 0.15) is 17.5 Å². The van der Waals surface area contributed by atoms with E-state index in [2.05, 4.69) is 27.2 Å². The van der Waals surface area contributed by atoms with Crippen molar-refractivity contribution < 1.29 is 23.8 Å². The molecule has 2 atom stereocenters. The van der Waals surface area contributed by atoms with Crippen LogP contribution in [0.4, 0.5) is 0 Å². The second kappa shape index (κ2) is 11.2. The Labute approximate surface area is 205 Å². The van der Waals surface area contributed by atoms with Crippen LogP contribution < -0.4 is 14.8 Å². The van der Waals surface area contributed by atoms with Crippen molar-refractivity contribution in [3.05, 3.63) is 59.7 Å². The number of piperazine rings is 1. The summed E-state index contributed by atoms with van der Waals surface area (Å²) in [4.78, 5) is 35.2. The molecule has 0 saturated carbocycles. The number of guanidine groups is 1. The predicted octanol–water partition coefficient (Wildman–Crippen LogP) is 2.23. The molecule has 35 heavy (non-hydrogen) atoms. The Kier molecular flexibility index (Phi) is 7.87. The van der Waals surface area contributed by atoms with Crippen molar-refractivity contribution in [3.63, 3.8) is 0 Å². The van der Waals surface area contributed by atoms with Gasteiger partial charge in [-0.05, 0) is 24.6 Å². The fraction of sp³-hybridized carbons (Fsp3) is 0.423. The number of methoxy groups -OCH3 is 2. The van der Waals surface area contributed by atoms with Gasteiger partial charge in [-0.2, -0.15) is 0 Å². The SMILES string of the molecule is CCOC(=O)[C@H]1C(=O)NC(N2CCN(Cc3ccccc3)CC2)=N[C@@H]1c1ccc(OC)cc1OC. The van der Waals surface area contributed by atoms with Crippen LogP contribution in [0.25, 0.3) is 0 Å². The average molecular weight is 481 g/mol. The zero-order chi connectivity index (χ0) is 24.8. The summed E-state index contributed by atoms with van der Waals surface area (Å²) in [6.07, 6.45) is 0. The molecule has 9 heteroatoms. The number of ether oxygens (including phenoxy) is 3. The third kappa shape index (κ3) is 5.57. The van der Waals surface area contributed by atoms with Crippen LogP contribution in [0, 0.1) is 5.92 Å². The normalized spacial score (nSPS) is 20.6. The molecule has 4 rings (SSSR count).